The summed E-state index contributed by atoms with van der Waals surface area (Å²) in [7, 11) is 0. The van der Waals surface area contributed by atoms with Crippen molar-refractivity contribution in [3.63, 3.8) is 0 Å². The number of carbonyl (C=O) groups excluding carboxylic acids is 3. The molecule has 0 heterocycles. The largest absolute Gasteiger partial charge is 0.480 e. The van der Waals surface area contributed by atoms with Gasteiger partial charge in [-0.15, -0.1) is 0 Å². The standard InChI is InChI=1S/C24H49N9O5/c1-3-15(2)19(27)22(36)32-16(9-4-6-12-25)20(34)31-17(11-8-14-30-24(28)29)21(35)33-18(23(37)38)10-5-7-13-26/h15-19H,3-14,25-27H2,1-2H3,(H,31,34)(H,32,36)(H,33,35)(H,37,38)(H4,28,29,30)/t15-,16-,17-,18-,19-/m0/s1. The molecule has 0 aliphatic carbocycles. The molecule has 0 unspecified atom stereocenters. The molecule has 0 bridgehead atoms. The molecule has 0 aromatic heterocycles. The highest BCUT2D eigenvalue weighted by molar-refractivity contribution is 5.94. The number of carboxylic acid groups (broad SMARTS) is 1. The van der Waals surface area contributed by atoms with Crippen LogP contribution in [0.1, 0.15) is 71.6 Å². The molecule has 0 saturated carbocycles. The Labute approximate surface area is 225 Å². The Kier molecular flexibility index (Phi) is 18.5. The van der Waals surface area contributed by atoms with E-state index in [-0.39, 0.29) is 31.3 Å². The molecular formula is C24H49N9O5. The van der Waals surface area contributed by atoms with E-state index in [4.69, 9.17) is 28.7 Å². The Morgan fingerprint density at radius 1 is 0.763 bits per heavy atom. The van der Waals surface area contributed by atoms with Crippen molar-refractivity contribution in [3.8, 4) is 0 Å². The van der Waals surface area contributed by atoms with Gasteiger partial charge in [-0.2, -0.15) is 0 Å². The first-order valence-electron chi connectivity index (χ1n) is 13.3. The number of aliphatic imine (C=N–C) groups is 1. The lowest BCUT2D eigenvalue weighted by Crippen LogP contribution is -2.57. The third-order valence-corrected chi connectivity index (χ3v) is 6.28. The van der Waals surface area contributed by atoms with E-state index < -0.39 is 47.9 Å². The van der Waals surface area contributed by atoms with Crippen LogP contribution in [0.2, 0.25) is 0 Å². The fraction of sp³-hybridized carbons (Fsp3) is 0.792. The normalized spacial score (nSPS) is 14.9. The number of nitrogens with one attached hydrogen (secondary N) is 3. The Hall–Kier alpha value is -2.97. The first-order chi connectivity index (χ1) is 18.0. The van der Waals surface area contributed by atoms with Gasteiger partial charge >= 0.3 is 5.97 Å². The van der Waals surface area contributed by atoms with Gasteiger partial charge in [0.1, 0.15) is 18.1 Å². The summed E-state index contributed by atoms with van der Waals surface area (Å²) in [5, 5.41) is 17.4. The third kappa shape index (κ3) is 14.7. The summed E-state index contributed by atoms with van der Waals surface area (Å²) < 4.78 is 0. The summed E-state index contributed by atoms with van der Waals surface area (Å²) in [5.74, 6) is -3.10. The van der Waals surface area contributed by atoms with Crippen LogP contribution in [0, 0.1) is 5.92 Å². The molecule has 0 spiro atoms. The zero-order valence-corrected chi connectivity index (χ0v) is 22.8. The number of amides is 3. The van der Waals surface area contributed by atoms with Crippen molar-refractivity contribution < 1.29 is 24.3 Å². The van der Waals surface area contributed by atoms with Gasteiger partial charge in [0.2, 0.25) is 17.7 Å². The molecule has 14 heteroatoms. The predicted octanol–water partition coefficient (Wildman–Crippen LogP) is -1.79. The third-order valence-electron chi connectivity index (χ3n) is 6.28. The highest BCUT2D eigenvalue weighted by Gasteiger charge is 2.30. The maximum atomic E-state index is 13.2. The van der Waals surface area contributed by atoms with E-state index >= 15 is 0 Å². The first-order valence-corrected chi connectivity index (χ1v) is 13.3. The predicted molar refractivity (Wildman–Crippen MR) is 147 cm³/mol. The van der Waals surface area contributed by atoms with Crippen molar-refractivity contribution >= 4 is 29.7 Å². The lowest BCUT2D eigenvalue weighted by Gasteiger charge is -2.26. The van der Waals surface area contributed by atoms with E-state index in [1.54, 1.807) is 0 Å². The number of guanidine groups is 1. The molecule has 5 atom stereocenters. The number of nitrogens with zero attached hydrogens (tertiary/aromatic N) is 1. The van der Waals surface area contributed by atoms with Crippen molar-refractivity contribution in [2.45, 2.75) is 95.8 Å². The SMILES string of the molecule is CC[C@H](C)[C@H](N)C(=O)N[C@@H](CCCCN)C(=O)N[C@@H](CCCN=C(N)N)C(=O)N[C@@H](CCCCN)C(=O)O. The van der Waals surface area contributed by atoms with Crippen molar-refractivity contribution in [3.05, 3.63) is 0 Å². The number of carboxylic acids is 1. The average Bonchev–Trinajstić information content (AvgIpc) is 2.87. The van der Waals surface area contributed by atoms with Gasteiger partial charge in [-0.3, -0.25) is 19.4 Å². The van der Waals surface area contributed by atoms with E-state index in [1.165, 1.54) is 0 Å². The van der Waals surface area contributed by atoms with Crippen LogP contribution in [-0.4, -0.2) is 78.6 Å². The van der Waals surface area contributed by atoms with Crippen LogP contribution in [-0.2, 0) is 19.2 Å². The average molecular weight is 544 g/mol. The monoisotopic (exact) mass is 543 g/mol. The van der Waals surface area contributed by atoms with Gasteiger partial charge in [0.25, 0.3) is 0 Å². The number of aliphatic carboxylic acids is 1. The minimum absolute atomic E-state index is 0.0935. The maximum Gasteiger partial charge on any atom is 0.326 e. The molecule has 0 saturated heterocycles. The molecule has 3 amide bonds. The zero-order valence-electron chi connectivity index (χ0n) is 22.8. The summed E-state index contributed by atoms with van der Waals surface area (Å²) in [6.07, 6.45) is 3.98. The number of nitrogens with two attached hydrogens (primary N) is 5. The molecule has 0 rings (SSSR count). The van der Waals surface area contributed by atoms with Crippen LogP contribution in [0.4, 0.5) is 0 Å². The molecule has 0 radical (unpaired) electrons. The summed E-state index contributed by atoms with van der Waals surface area (Å²) >= 11 is 0. The molecule has 0 fully saturated rings. The second-order valence-electron chi connectivity index (χ2n) is 9.45. The fourth-order valence-corrected chi connectivity index (χ4v) is 3.61. The Morgan fingerprint density at radius 2 is 1.21 bits per heavy atom. The van der Waals surface area contributed by atoms with Crippen LogP contribution in [0.15, 0.2) is 4.99 Å². The summed E-state index contributed by atoms with van der Waals surface area (Å²) in [6.45, 7) is 4.79. The molecule has 0 aromatic carbocycles. The van der Waals surface area contributed by atoms with Crippen LogP contribution >= 0.6 is 0 Å². The van der Waals surface area contributed by atoms with Gasteiger partial charge in [0.05, 0.1) is 6.04 Å². The number of unbranched alkanes of at least 4 members (excludes halogenated alkanes) is 2. The van der Waals surface area contributed by atoms with Gasteiger partial charge in [-0.05, 0) is 70.4 Å². The van der Waals surface area contributed by atoms with Crippen LogP contribution in [0.3, 0.4) is 0 Å². The molecule has 0 aliphatic heterocycles. The van der Waals surface area contributed by atoms with Crippen molar-refractivity contribution in [1.82, 2.24) is 16.0 Å². The Bertz CT molecular complexity index is 762. The van der Waals surface area contributed by atoms with Crippen LogP contribution < -0.4 is 44.6 Å². The molecule has 0 aliphatic rings. The lowest BCUT2D eigenvalue weighted by molar-refractivity contribution is -0.142. The van der Waals surface area contributed by atoms with Gasteiger partial charge in [-0.25, -0.2) is 4.79 Å². The number of hydrogen-bond donors (Lipinski definition) is 9. The second kappa shape index (κ2) is 20.1. The van der Waals surface area contributed by atoms with Crippen LogP contribution in [0.5, 0.6) is 0 Å². The molecular weight excluding hydrogens is 494 g/mol. The van der Waals surface area contributed by atoms with Crippen molar-refractivity contribution in [2.24, 2.45) is 39.6 Å². The number of hydrogen-bond acceptors (Lipinski definition) is 8. The van der Waals surface area contributed by atoms with Crippen molar-refractivity contribution in [2.75, 3.05) is 19.6 Å². The minimum Gasteiger partial charge on any atom is -0.480 e. The smallest absolute Gasteiger partial charge is 0.326 e. The highest BCUT2D eigenvalue weighted by atomic mass is 16.4. The Balaban J connectivity index is 5.66. The molecule has 14 nitrogen and oxygen atoms in total. The summed E-state index contributed by atoms with van der Waals surface area (Å²) in [4.78, 5) is 54.6. The highest BCUT2D eigenvalue weighted by Crippen LogP contribution is 2.09. The lowest BCUT2D eigenvalue weighted by atomic mass is 9.98. The zero-order chi connectivity index (χ0) is 29.1. The van der Waals surface area contributed by atoms with E-state index in [0.29, 0.717) is 58.0 Å². The van der Waals surface area contributed by atoms with E-state index in [0.717, 1.165) is 0 Å². The van der Waals surface area contributed by atoms with E-state index in [9.17, 15) is 24.3 Å². The van der Waals surface area contributed by atoms with Gasteiger partial charge in [0, 0.05) is 6.54 Å². The van der Waals surface area contributed by atoms with E-state index in [2.05, 4.69) is 20.9 Å². The molecule has 0 aromatic rings. The maximum absolute atomic E-state index is 13.2. The van der Waals surface area contributed by atoms with E-state index in [1.807, 2.05) is 13.8 Å². The van der Waals surface area contributed by atoms with Crippen molar-refractivity contribution in [1.29, 1.82) is 0 Å². The summed E-state index contributed by atoms with van der Waals surface area (Å²) in [5.41, 5.74) is 27.8. The fourth-order valence-electron chi connectivity index (χ4n) is 3.61. The summed E-state index contributed by atoms with van der Waals surface area (Å²) in [6, 6.07) is -3.96. The molecule has 38 heavy (non-hydrogen) atoms. The molecule has 220 valence electrons. The van der Waals surface area contributed by atoms with Crippen LogP contribution in [0.25, 0.3) is 0 Å². The Morgan fingerprint density at radius 3 is 1.66 bits per heavy atom. The van der Waals surface area contributed by atoms with Gasteiger partial charge in [-0.1, -0.05) is 20.3 Å². The van der Waals surface area contributed by atoms with Gasteiger partial charge in [0.15, 0.2) is 5.96 Å². The topological polar surface area (TPSA) is 267 Å². The van der Waals surface area contributed by atoms with Gasteiger partial charge < -0.3 is 49.7 Å². The second-order valence-corrected chi connectivity index (χ2v) is 9.45. The minimum atomic E-state index is -1.19. The first kappa shape index (κ1) is 35.0. The quantitative estimate of drug-likeness (QED) is 0.0445. The number of carbonyl (C=O) groups is 4. The molecule has 14 N–H and O–H groups in total. The number of rotatable bonds is 21.